The van der Waals surface area contributed by atoms with Crippen LogP contribution in [0.15, 0.2) is 35.6 Å². The number of allylic oxidation sites excluding steroid dienone is 1. The van der Waals surface area contributed by atoms with Crippen LogP contribution in [0.2, 0.25) is 0 Å². The lowest BCUT2D eigenvalue weighted by Gasteiger charge is -2.47. The Kier molecular flexibility index (Phi) is 6.80. The van der Waals surface area contributed by atoms with E-state index in [2.05, 4.69) is 6.58 Å². The molecule has 10 nitrogen and oxygen atoms in total. The number of fused-ring (bicyclic) bond motifs is 1. The van der Waals surface area contributed by atoms with E-state index >= 15 is 0 Å². The lowest BCUT2D eigenvalue weighted by Crippen LogP contribution is -2.68. The summed E-state index contributed by atoms with van der Waals surface area (Å²) in [4.78, 5) is 53.6. The van der Waals surface area contributed by atoms with Crippen molar-refractivity contribution < 1.29 is 29.0 Å². The molecule has 0 bridgehead atoms. The van der Waals surface area contributed by atoms with Crippen molar-refractivity contribution in [2.75, 3.05) is 38.5 Å². The third kappa shape index (κ3) is 4.51. The van der Waals surface area contributed by atoms with Gasteiger partial charge in [-0.3, -0.25) is 14.5 Å². The maximum Gasteiger partial charge on any atom is 0.410 e. The molecular weight excluding hydrogens is 448 g/mol. The molecule has 3 N–H and O–H groups in total. The van der Waals surface area contributed by atoms with E-state index in [9.17, 15) is 24.3 Å². The topological polar surface area (TPSA) is 133 Å². The summed E-state index contributed by atoms with van der Waals surface area (Å²) in [6, 6.07) is -0.683. The molecule has 33 heavy (non-hydrogen) atoms. The molecule has 4 rings (SSSR count). The highest BCUT2D eigenvalue weighted by molar-refractivity contribution is 8.00. The van der Waals surface area contributed by atoms with Gasteiger partial charge in [0.1, 0.15) is 23.7 Å². The van der Waals surface area contributed by atoms with Crippen LogP contribution in [0, 0.1) is 5.92 Å². The second kappa shape index (κ2) is 9.60. The quantitative estimate of drug-likeness (QED) is 0.326. The summed E-state index contributed by atoms with van der Waals surface area (Å²) in [5.41, 5.74) is 6.75. The third-order valence-corrected chi connectivity index (χ3v) is 7.80. The van der Waals surface area contributed by atoms with Gasteiger partial charge in [0.15, 0.2) is 0 Å². The van der Waals surface area contributed by atoms with Crippen molar-refractivity contribution >= 4 is 35.6 Å². The average Bonchev–Trinajstić information content (AvgIpc) is 3.15. The maximum atomic E-state index is 13.0. The second-order valence-corrected chi connectivity index (χ2v) is 9.69. The van der Waals surface area contributed by atoms with Crippen molar-refractivity contribution in [1.82, 2.24) is 14.7 Å². The van der Waals surface area contributed by atoms with Crippen LogP contribution in [0.1, 0.15) is 19.3 Å². The SMILES string of the molecule is C=CCOC(=O)N1CCC(CN2CC/C(=C\C3=C(C(=O)O)N4C(=O)[C@@H](N)[C@H]4SC3)C2=O)CC1. The number of β-lactam (4-membered cyclic amide) rings is 1. The highest BCUT2D eigenvalue weighted by Gasteiger charge is 2.51. The molecule has 4 heterocycles. The van der Waals surface area contributed by atoms with Crippen LogP contribution < -0.4 is 5.73 Å². The molecule has 0 radical (unpaired) electrons. The second-order valence-electron chi connectivity index (χ2n) is 8.58. The van der Waals surface area contributed by atoms with Crippen molar-refractivity contribution in [1.29, 1.82) is 0 Å². The maximum absolute atomic E-state index is 13.0. The number of aliphatic carboxylic acids is 1. The number of rotatable bonds is 6. The summed E-state index contributed by atoms with van der Waals surface area (Å²) in [6.07, 6.45) is 4.94. The summed E-state index contributed by atoms with van der Waals surface area (Å²) in [7, 11) is 0. The fourth-order valence-corrected chi connectivity index (χ4v) is 5.92. The summed E-state index contributed by atoms with van der Waals surface area (Å²) >= 11 is 1.42. The van der Waals surface area contributed by atoms with Crippen LogP contribution >= 0.6 is 11.8 Å². The van der Waals surface area contributed by atoms with Crippen molar-refractivity contribution in [3.05, 3.63) is 35.6 Å². The fraction of sp³-hybridized carbons (Fsp3) is 0.545. The predicted molar refractivity (Wildman–Crippen MR) is 121 cm³/mol. The first-order valence-corrected chi connectivity index (χ1v) is 12.1. The van der Waals surface area contributed by atoms with Crippen LogP contribution in [-0.2, 0) is 19.1 Å². The Hall–Kier alpha value is -2.79. The van der Waals surface area contributed by atoms with Crippen LogP contribution in [0.3, 0.4) is 0 Å². The zero-order valence-electron chi connectivity index (χ0n) is 18.3. The molecule has 4 aliphatic heterocycles. The van der Waals surface area contributed by atoms with E-state index in [1.165, 1.54) is 22.7 Å². The van der Waals surface area contributed by atoms with Crippen LogP contribution in [0.4, 0.5) is 4.79 Å². The standard InChI is InChI=1S/C22H28N4O6S/c1-2-9-32-22(31)24-6-3-13(4-7-24)11-25-8-5-14(18(25)27)10-15-12-33-20-16(23)19(28)26(20)17(15)21(29)30/h2,10,13,16,20H,1,3-9,11-12,23H2,(H,29,30)/b14-10+/t16-,20-/m1/s1. The minimum Gasteiger partial charge on any atom is -0.477 e. The molecule has 4 aliphatic rings. The molecule has 2 atom stereocenters. The molecule has 0 aliphatic carbocycles. The van der Waals surface area contributed by atoms with E-state index in [1.807, 2.05) is 0 Å². The Morgan fingerprint density at radius 3 is 2.64 bits per heavy atom. The first kappa shape index (κ1) is 23.4. The minimum atomic E-state index is -1.19. The van der Waals surface area contributed by atoms with Gasteiger partial charge in [-0.25, -0.2) is 9.59 Å². The van der Waals surface area contributed by atoms with Crippen LogP contribution in [0.25, 0.3) is 0 Å². The summed E-state index contributed by atoms with van der Waals surface area (Å²) < 4.78 is 5.08. The average molecular weight is 477 g/mol. The van der Waals surface area contributed by atoms with E-state index in [4.69, 9.17) is 10.5 Å². The Balaban J connectivity index is 1.37. The number of thioether (sulfide) groups is 1. The number of nitrogens with two attached hydrogens (primary N) is 1. The Morgan fingerprint density at radius 1 is 1.24 bits per heavy atom. The first-order valence-electron chi connectivity index (χ1n) is 11.0. The van der Waals surface area contributed by atoms with Gasteiger partial charge in [0.05, 0.1) is 0 Å². The van der Waals surface area contributed by atoms with Gasteiger partial charge in [-0.05, 0) is 36.8 Å². The molecule has 178 valence electrons. The number of ether oxygens (including phenoxy) is 1. The van der Waals surface area contributed by atoms with Crippen LogP contribution in [-0.4, -0.2) is 93.6 Å². The van der Waals surface area contributed by atoms with Crippen molar-refractivity contribution in [2.45, 2.75) is 30.7 Å². The van der Waals surface area contributed by atoms with Crippen molar-refractivity contribution in [2.24, 2.45) is 11.7 Å². The smallest absolute Gasteiger partial charge is 0.410 e. The number of nitrogens with zero attached hydrogens (tertiary/aromatic N) is 3. The van der Waals surface area contributed by atoms with Gasteiger partial charge in [0, 0.05) is 37.5 Å². The number of carbonyl (C=O) groups excluding carboxylic acids is 3. The molecule has 0 aromatic carbocycles. The molecule has 0 saturated carbocycles. The van der Waals surface area contributed by atoms with E-state index in [0.29, 0.717) is 49.5 Å². The van der Waals surface area contributed by atoms with Gasteiger partial charge in [-0.1, -0.05) is 12.7 Å². The number of carboxylic acids is 1. The van der Waals surface area contributed by atoms with Gasteiger partial charge in [0.25, 0.3) is 0 Å². The molecule has 0 aromatic rings. The zero-order chi connectivity index (χ0) is 23.7. The van der Waals surface area contributed by atoms with Gasteiger partial charge in [-0.2, -0.15) is 0 Å². The number of likely N-dealkylation sites (tertiary alicyclic amines) is 2. The number of hydrogen-bond donors (Lipinski definition) is 2. The minimum absolute atomic E-state index is 0.0695. The third-order valence-electron chi connectivity index (χ3n) is 6.48. The van der Waals surface area contributed by atoms with E-state index in [-0.39, 0.29) is 35.6 Å². The Bertz CT molecular complexity index is 939. The number of carbonyl (C=O) groups is 4. The van der Waals surface area contributed by atoms with Gasteiger partial charge in [0.2, 0.25) is 11.8 Å². The fourth-order valence-electron chi connectivity index (χ4n) is 4.67. The summed E-state index contributed by atoms with van der Waals surface area (Å²) in [5, 5.41) is 9.32. The zero-order valence-corrected chi connectivity index (χ0v) is 19.1. The molecule has 3 amide bonds. The summed E-state index contributed by atoms with van der Waals surface area (Å²) in [5.74, 6) is -1.01. The highest BCUT2D eigenvalue weighted by Crippen LogP contribution is 2.40. The van der Waals surface area contributed by atoms with Gasteiger partial charge >= 0.3 is 12.1 Å². The number of carboxylic acid groups (broad SMARTS) is 1. The molecule has 11 heteroatoms. The molecule has 0 spiro atoms. The molecular formula is C22H28N4O6S. The van der Waals surface area contributed by atoms with Crippen molar-refractivity contribution in [3.8, 4) is 0 Å². The van der Waals surface area contributed by atoms with E-state index < -0.39 is 17.9 Å². The van der Waals surface area contributed by atoms with Crippen LogP contribution in [0.5, 0.6) is 0 Å². The lowest BCUT2D eigenvalue weighted by atomic mass is 9.96. The first-order chi connectivity index (χ1) is 15.8. The molecule has 0 unspecified atom stereocenters. The predicted octanol–water partition coefficient (Wildman–Crippen LogP) is 0.761. The monoisotopic (exact) mass is 476 g/mol. The number of amides is 3. The van der Waals surface area contributed by atoms with Gasteiger partial charge < -0.3 is 25.4 Å². The summed E-state index contributed by atoms with van der Waals surface area (Å²) in [6.45, 7) is 6.08. The van der Waals surface area contributed by atoms with Gasteiger partial charge in [-0.15, -0.1) is 11.8 Å². The normalized spacial score (nSPS) is 27.1. The lowest BCUT2D eigenvalue weighted by molar-refractivity contribution is -0.147. The molecule has 3 fully saturated rings. The molecule has 0 aromatic heterocycles. The molecule has 3 saturated heterocycles. The highest BCUT2D eigenvalue weighted by atomic mass is 32.2. The number of hydrogen-bond acceptors (Lipinski definition) is 7. The van der Waals surface area contributed by atoms with E-state index in [0.717, 1.165) is 12.8 Å². The largest absolute Gasteiger partial charge is 0.477 e. The Labute approximate surface area is 196 Å². The van der Waals surface area contributed by atoms with E-state index in [1.54, 1.807) is 15.9 Å². The number of piperidine rings is 1. The van der Waals surface area contributed by atoms with Crippen molar-refractivity contribution in [3.63, 3.8) is 0 Å². The Morgan fingerprint density at radius 2 is 1.97 bits per heavy atom.